The lowest BCUT2D eigenvalue weighted by Crippen LogP contribution is -2.11. The van der Waals surface area contributed by atoms with E-state index in [0.717, 1.165) is 5.56 Å². The number of imidazole rings is 1. The van der Waals surface area contributed by atoms with Gasteiger partial charge in [0.1, 0.15) is 11.8 Å². The summed E-state index contributed by atoms with van der Waals surface area (Å²) in [5.74, 6) is -0.103. The molecule has 0 radical (unpaired) electrons. The molecule has 7 heteroatoms. The quantitative estimate of drug-likeness (QED) is 0.720. The number of nitrogens with two attached hydrogens (primary N) is 2. The zero-order valence-corrected chi connectivity index (χ0v) is 10.5. The van der Waals surface area contributed by atoms with Gasteiger partial charge in [-0.25, -0.2) is 15.0 Å². The van der Waals surface area contributed by atoms with E-state index < -0.39 is 5.91 Å². The fourth-order valence-electron chi connectivity index (χ4n) is 2.03. The maximum Gasteiger partial charge on any atom is 0.248 e. The maximum absolute atomic E-state index is 11.2. The van der Waals surface area contributed by atoms with Gasteiger partial charge in [-0.3, -0.25) is 4.79 Å². The van der Waals surface area contributed by atoms with Crippen LogP contribution in [-0.4, -0.2) is 25.4 Å². The van der Waals surface area contributed by atoms with Gasteiger partial charge in [0, 0.05) is 5.56 Å². The second kappa shape index (κ2) is 4.61. The fourth-order valence-corrected chi connectivity index (χ4v) is 2.03. The van der Waals surface area contributed by atoms with Crippen LogP contribution in [0.25, 0.3) is 11.2 Å². The van der Waals surface area contributed by atoms with E-state index in [2.05, 4.69) is 15.0 Å². The normalized spacial score (nSPS) is 10.8. The number of primary amides is 1. The van der Waals surface area contributed by atoms with Crippen molar-refractivity contribution in [3.63, 3.8) is 0 Å². The summed E-state index contributed by atoms with van der Waals surface area (Å²) < 4.78 is 1.84. The van der Waals surface area contributed by atoms with Crippen molar-refractivity contribution in [2.24, 2.45) is 5.73 Å². The number of carbonyl (C=O) groups is 1. The van der Waals surface area contributed by atoms with Gasteiger partial charge in [-0.15, -0.1) is 0 Å². The Morgan fingerprint density at radius 3 is 2.90 bits per heavy atom. The Hall–Kier alpha value is -2.96. The molecule has 20 heavy (non-hydrogen) atoms. The molecule has 0 atom stereocenters. The number of fused-ring (bicyclic) bond motifs is 1. The number of nitrogens with zero attached hydrogens (tertiary/aromatic N) is 4. The van der Waals surface area contributed by atoms with Gasteiger partial charge in [0.15, 0.2) is 11.5 Å². The SMILES string of the molecule is NC(=O)c1cccc(Cn2cnc3c(N)ncnc32)c1. The van der Waals surface area contributed by atoms with Gasteiger partial charge in [-0.05, 0) is 17.7 Å². The molecule has 0 saturated carbocycles. The number of amides is 1. The zero-order chi connectivity index (χ0) is 14.1. The van der Waals surface area contributed by atoms with Crippen molar-refractivity contribution in [1.82, 2.24) is 19.5 Å². The van der Waals surface area contributed by atoms with Crippen LogP contribution in [0.1, 0.15) is 15.9 Å². The lowest BCUT2D eigenvalue weighted by molar-refractivity contribution is 0.1000. The summed E-state index contributed by atoms with van der Waals surface area (Å²) in [5.41, 5.74) is 13.6. The van der Waals surface area contributed by atoms with Crippen LogP contribution in [-0.2, 0) is 6.54 Å². The van der Waals surface area contributed by atoms with E-state index in [-0.39, 0.29) is 0 Å². The second-order valence-electron chi connectivity index (χ2n) is 4.37. The topological polar surface area (TPSA) is 113 Å². The van der Waals surface area contributed by atoms with E-state index in [1.54, 1.807) is 24.5 Å². The minimum absolute atomic E-state index is 0.347. The number of carbonyl (C=O) groups excluding carboxylic acids is 1. The molecule has 7 nitrogen and oxygen atoms in total. The third-order valence-corrected chi connectivity index (χ3v) is 2.99. The third kappa shape index (κ3) is 2.05. The van der Waals surface area contributed by atoms with Crippen molar-refractivity contribution in [2.75, 3.05) is 5.73 Å². The average Bonchev–Trinajstić information content (AvgIpc) is 2.84. The zero-order valence-electron chi connectivity index (χ0n) is 10.5. The maximum atomic E-state index is 11.2. The highest BCUT2D eigenvalue weighted by atomic mass is 16.1. The summed E-state index contributed by atoms with van der Waals surface area (Å²) in [5, 5.41) is 0. The molecule has 3 rings (SSSR count). The highest BCUT2D eigenvalue weighted by Gasteiger charge is 2.08. The lowest BCUT2D eigenvalue weighted by atomic mass is 10.1. The predicted molar refractivity (Wildman–Crippen MR) is 73.8 cm³/mol. The van der Waals surface area contributed by atoms with Crippen molar-refractivity contribution in [3.05, 3.63) is 48.0 Å². The molecular weight excluding hydrogens is 256 g/mol. The van der Waals surface area contributed by atoms with Crippen molar-refractivity contribution < 1.29 is 4.79 Å². The first-order chi connectivity index (χ1) is 9.65. The van der Waals surface area contributed by atoms with E-state index in [1.165, 1.54) is 6.33 Å². The largest absolute Gasteiger partial charge is 0.382 e. The van der Waals surface area contributed by atoms with Gasteiger partial charge < -0.3 is 16.0 Å². The summed E-state index contributed by atoms with van der Waals surface area (Å²) in [6.45, 7) is 0.522. The number of hydrogen-bond donors (Lipinski definition) is 2. The van der Waals surface area contributed by atoms with Crippen LogP contribution in [0.4, 0.5) is 5.82 Å². The third-order valence-electron chi connectivity index (χ3n) is 2.99. The summed E-state index contributed by atoms with van der Waals surface area (Å²) in [7, 11) is 0. The predicted octanol–water partition coefficient (Wildman–Crippen LogP) is 0.556. The highest BCUT2D eigenvalue weighted by molar-refractivity contribution is 5.92. The Kier molecular flexibility index (Phi) is 2.79. The first-order valence-electron chi connectivity index (χ1n) is 5.95. The molecule has 1 amide bonds. The monoisotopic (exact) mass is 268 g/mol. The molecule has 0 spiro atoms. The molecule has 2 aromatic heterocycles. The summed E-state index contributed by atoms with van der Waals surface area (Å²) in [6, 6.07) is 7.12. The molecule has 100 valence electrons. The van der Waals surface area contributed by atoms with Crippen molar-refractivity contribution in [3.8, 4) is 0 Å². The Morgan fingerprint density at radius 1 is 1.25 bits per heavy atom. The number of hydrogen-bond acceptors (Lipinski definition) is 5. The first kappa shape index (κ1) is 12.1. The van der Waals surface area contributed by atoms with Crippen LogP contribution < -0.4 is 11.5 Å². The number of anilines is 1. The molecule has 0 unspecified atom stereocenters. The molecule has 2 heterocycles. The van der Waals surface area contributed by atoms with Crippen LogP contribution in [0.5, 0.6) is 0 Å². The molecule has 0 aliphatic heterocycles. The van der Waals surface area contributed by atoms with E-state index >= 15 is 0 Å². The van der Waals surface area contributed by atoms with Crippen LogP contribution in [0.15, 0.2) is 36.9 Å². The smallest absolute Gasteiger partial charge is 0.248 e. The van der Waals surface area contributed by atoms with Gasteiger partial charge in [0.25, 0.3) is 0 Å². The average molecular weight is 268 g/mol. The number of benzene rings is 1. The molecule has 0 aliphatic carbocycles. The van der Waals surface area contributed by atoms with Gasteiger partial charge in [0.2, 0.25) is 5.91 Å². The van der Waals surface area contributed by atoms with Crippen LogP contribution >= 0.6 is 0 Å². The van der Waals surface area contributed by atoms with Gasteiger partial charge in [0.05, 0.1) is 12.9 Å². The van der Waals surface area contributed by atoms with Gasteiger partial charge in [-0.2, -0.15) is 0 Å². The van der Waals surface area contributed by atoms with E-state index in [1.807, 2.05) is 10.6 Å². The molecule has 1 aromatic carbocycles. The molecular formula is C13H12N6O. The number of aromatic nitrogens is 4. The Bertz CT molecular complexity index is 794. The van der Waals surface area contributed by atoms with Crippen molar-refractivity contribution in [1.29, 1.82) is 0 Å². The van der Waals surface area contributed by atoms with Crippen molar-refractivity contribution in [2.45, 2.75) is 6.54 Å². The van der Waals surface area contributed by atoms with Gasteiger partial charge in [-0.1, -0.05) is 12.1 Å². The summed E-state index contributed by atoms with van der Waals surface area (Å²) >= 11 is 0. The lowest BCUT2D eigenvalue weighted by Gasteiger charge is -2.05. The number of nitrogen functional groups attached to an aromatic ring is 1. The first-order valence-corrected chi connectivity index (χ1v) is 5.95. The van der Waals surface area contributed by atoms with E-state index in [9.17, 15) is 4.79 Å². The standard InChI is InChI=1S/C13H12N6O/c14-11-10-13(17-6-16-11)19(7-18-10)5-8-2-1-3-9(4-8)12(15)20/h1-4,6-7H,5H2,(H2,15,20)(H2,14,16,17). The molecule has 0 aliphatic rings. The Labute approximate surface area is 114 Å². The Balaban J connectivity index is 1.99. The fraction of sp³-hybridized carbons (Fsp3) is 0.0769. The minimum atomic E-state index is -0.450. The molecule has 0 bridgehead atoms. The molecule has 0 fully saturated rings. The number of rotatable bonds is 3. The molecule has 3 aromatic rings. The molecule has 0 saturated heterocycles. The molecule has 4 N–H and O–H groups in total. The van der Waals surface area contributed by atoms with Crippen LogP contribution in [0, 0.1) is 0 Å². The van der Waals surface area contributed by atoms with Crippen LogP contribution in [0.2, 0.25) is 0 Å². The van der Waals surface area contributed by atoms with Gasteiger partial charge >= 0.3 is 0 Å². The highest BCUT2D eigenvalue weighted by Crippen LogP contribution is 2.16. The summed E-state index contributed by atoms with van der Waals surface area (Å²) in [4.78, 5) is 23.4. The summed E-state index contributed by atoms with van der Waals surface area (Å²) in [6.07, 6.45) is 3.04. The minimum Gasteiger partial charge on any atom is -0.382 e. The Morgan fingerprint density at radius 2 is 2.10 bits per heavy atom. The van der Waals surface area contributed by atoms with Crippen LogP contribution in [0.3, 0.4) is 0 Å². The van der Waals surface area contributed by atoms with E-state index in [0.29, 0.717) is 29.1 Å². The second-order valence-corrected chi connectivity index (χ2v) is 4.37. The van der Waals surface area contributed by atoms with Crippen molar-refractivity contribution >= 4 is 22.9 Å². The van der Waals surface area contributed by atoms with E-state index in [4.69, 9.17) is 11.5 Å².